The molecule has 1 atom stereocenters. The van der Waals surface area contributed by atoms with Crippen LogP contribution in [0.25, 0.3) is 0 Å². The number of nitrogens with one attached hydrogen (secondary N) is 1. The van der Waals surface area contributed by atoms with E-state index in [1.165, 1.54) is 18.2 Å². The summed E-state index contributed by atoms with van der Waals surface area (Å²) in [6.07, 6.45) is 0.000555. The van der Waals surface area contributed by atoms with E-state index in [9.17, 15) is 14.9 Å². The molecule has 8 nitrogen and oxygen atoms in total. The van der Waals surface area contributed by atoms with Crippen molar-refractivity contribution in [2.24, 2.45) is 5.73 Å². The summed E-state index contributed by atoms with van der Waals surface area (Å²) in [4.78, 5) is 21.0. The fraction of sp³-hybridized carbons (Fsp3) is 0.364. The van der Waals surface area contributed by atoms with Crippen molar-refractivity contribution in [3.63, 3.8) is 0 Å². The molecule has 1 saturated heterocycles. The monoisotopic (exact) mass is 267 g/mol. The molecule has 0 saturated carbocycles. The highest BCUT2D eigenvalue weighted by molar-refractivity contribution is 5.71. The number of rotatable bonds is 5. The Labute approximate surface area is 108 Å². The average molecular weight is 267 g/mol. The number of primary amides is 1. The molecule has 1 amide bonds. The van der Waals surface area contributed by atoms with E-state index in [0.29, 0.717) is 13.2 Å². The second-order valence-electron chi connectivity index (χ2n) is 4.02. The number of amides is 1. The molecular formula is C11H13N3O5. The predicted octanol–water partition coefficient (Wildman–Crippen LogP) is 1.25. The van der Waals surface area contributed by atoms with Gasteiger partial charge in [0.15, 0.2) is 0 Å². The van der Waals surface area contributed by atoms with Gasteiger partial charge in [-0.05, 0) is 12.5 Å². The summed E-state index contributed by atoms with van der Waals surface area (Å²) in [5.41, 5.74) is 5.05. The lowest BCUT2D eigenvalue weighted by atomic mass is 10.2. The Morgan fingerprint density at radius 3 is 2.89 bits per heavy atom. The molecule has 1 aliphatic rings. The van der Waals surface area contributed by atoms with Gasteiger partial charge in [-0.15, -0.1) is 0 Å². The van der Waals surface area contributed by atoms with E-state index in [-0.39, 0.29) is 23.2 Å². The fourth-order valence-corrected chi connectivity index (χ4v) is 1.66. The minimum atomic E-state index is -0.970. The first-order valence-corrected chi connectivity index (χ1v) is 5.67. The van der Waals surface area contributed by atoms with Crippen LogP contribution in [-0.4, -0.2) is 30.3 Å². The van der Waals surface area contributed by atoms with Gasteiger partial charge < -0.3 is 20.5 Å². The van der Waals surface area contributed by atoms with Crippen molar-refractivity contribution in [3.05, 3.63) is 28.3 Å². The zero-order valence-electron chi connectivity index (χ0n) is 10.00. The summed E-state index contributed by atoms with van der Waals surface area (Å²) < 4.78 is 9.89. The van der Waals surface area contributed by atoms with Gasteiger partial charge in [0.05, 0.1) is 11.0 Å². The van der Waals surface area contributed by atoms with Gasteiger partial charge in [0, 0.05) is 25.3 Å². The smallest absolute Gasteiger partial charge is 0.409 e. The summed E-state index contributed by atoms with van der Waals surface area (Å²) >= 11 is 0. The van der Waals surface area contributed by atoms with Crippen LogP contribution < -0.4 is 15.8 Å². The number of carbonyl (C=O) groups excluding carboxylic acids is 1. The van der Waals surface area contributed by atoms with Gasteiger partial charge in [0.2, 0.25) is 0 Å². The van der Waals surface area contributed by atoms with Crippen molar-refractivity contribution in [2.75, 3.05) is 18.5 Å². The number of benzene rings is 1. The molecule has 1 unspecified atom stereocenters. The summed E-state index contributed by atoms with van der Waals surface area (Å²) in [5.74, 6) is 0.148. The molecule has 1 aromatic carbocycles. The molecule has 3 N–H and O–H groups in total. The van der Waals surface area contributed by atoms with Crippen molar-refractivity contribution >= 4 is 17.5 Å². The molecule has 8 heteroatoms. The largest absolute Gasteiger partial charge is 0.410 e. The number of ether oxygens (including phenoxy) is 2. The van der Waals surface area contributed by atoms with Gasteiger partial charge in [-0.1, -0.05) is 0 Å². The van der Waals surface area contributed by atoms with Crippen LogP contribution in [0.15, 0.2) is 18.2 Å². The topological polar surface area (TPSA) is 117 Å². The van der Waals surface area contributed by atoms with Crippen LogP contribution in [0.4, 0.5) is 16.2 Å². The zero-order chi connectivity index (χ0) is 13.8. The third kappa shape index (κ3) is 3.32. The van der Waals surface area contributed by atoms with Crippen LogP contribution >= 0.6 is 0 Å². The average Bonchev–Trinajstić information content (AvgIpc) is 2.25. The van der Waals surface area contributed by atoms with E-state index in [1.807, 2.05) is 0 Å². The van der Waals surface area contributed by atoms with Crippen LogP contribution in [0, 0.1) is 10.1 Å². The highest BCUT2D eigenvalue weighted by atomic mass is 16.6. The number of nitro groups is 1. The maximum absolute atomic E-state index is 10.9. The van der Waals surface area contributed by atoms with E-state index in [4.69, 9.17) is 10.5 Å². The van der Waals surface area contributed by atoms with Crippen molar-refractivity contribution in [2.45, 2.75) is 12.5 Å². The Morgan fingerprint density at radius 2 is 2.37 bits per heavy atom. The quantitative estimate of drug-likeness (QED) is 0.612. The Bertz CT molecular complexity index is 501. The van der Waals surface area contributed by atoms with Crippen LogP contribution in [0.1, 0.15) is 6.42 Å². The molecule has 1 aromatic rings. The van der Waals surface area contributed by atoms with Crippen LogP contribution in [-0.2, 0) is 4.74 Å². The maximum Gasteiger partial charge on any atom is 0.409 e. The first-order valence-electron chi connectivity index (χ1n) is 5.67. The van der Waals surface area contributed by atoms with Gasteiger partial charge in [-0.2, -0.15) is 0 Å². The molecule has 0 spiro atoms. The molecule has 102 valence electrons. The summed E-state index contributed by atoms with van der Waals surface area (Å²) in [5, 5.41) is 13.8. The summed E-state index contributed by atoms with van der Waals surface area (Å²) in [6.45, 7) is 1.17. The van der Waals surface area contributed by atoms with Crippen molar-refractivity contribution < 1.29 is 19.2 Å². The third-order valence-corrected chi connectivity index (χ3v) is 2.70. The number of carbonyl (C=O) groups is 1. The maximum atomic E-state index is 10.9. The predicted molar refractivity (Wildman–Crippen MR) is 66.2 cm³/mol. The van der Waals surface area contributed by atoms with Crippen LogP contribution in [0.3, 0.4) is 0 Å². The number of nitrogens with two attached hydrogens (primary N) is 1. The number of hydrogen-bond acceptors (Lipinski definition) is 6. The standard InChI is InChI=1S/C11H13N3O5/c12-11(15)19-7-1-2-10(14(16)17)9(5-7)13-6-8-3-4-18-8/h1-2,5,8,13H,3-4,6H2,(H2,12,15). The number of anilines is 1. The van der Waals surface area contributed by atoms with Gasteiger partial charge >= 0.3 is 6.09 Å². The van der Waals surface area contributed by atoms with E-state index in [0.717, 1.165) is 6.42 Å². The lowest BCUT2D eigenvalue weighted by Crippen LogP contribution is -2.33. The van der Waals surface area contributed by atoms with Crippen molar-refractivity contribution in [1.29, 1.82) is 0 Å². The molecule has 0 radical (unpaired) electrons. The lowest BCUT2D eigenvalue weighted by Gasteiger charge is -2.26. The SMILES string of the molecule is NC(=O)Oc1ccc([N+](=O)[O-])c(NCC2CCO2)c1. The van der Waals surface area contributed by atoms with Crippen LogP contribution in [0.2, 0.25) is 0 Å². The highest BCUT2D eigenvalue weighted by Gasteiger charge is 2.20. The van der Waals surface area contributed by atoms with Gasteiger partial charge in [-0.25, -0.2) is 4.79 Å². The second kappa shape index (κ2) is 5.53. The molecule has 0 aliphatic carbocycles. The Morgan fingerprint density at radius 1 is 1.63 bits per heavy atom. The first-order chi connectivity index (χ1) is 9.06. The van der Waals surface area contributed by atoms with E-state index < -0.39 is 11.0 Å². The normalized spacial score (nSPS) is 17.4. The number of nitro benzene ring substituents is 1. The third-order valence-electron chi connectivity index (χ3n) is 2.70. The Kier molecular flexibility index (Phi) is 3.81. The second-order valence-corrected chi connectivity index (χ2v) is 4.02. The van der Waals surface area contributed by atoms with E-state index >= 15 is 0 Å². The zero-order valence-corrected chi connectivity index (χ0v) is 10.00. The van der Waals surface area contributed by atoms with Gasteiger partial charge in [0.25, 0.3) is 5.69 Å². The van der Waals surface area contributed by atoms with E-state index in [2.05, 4.69) is 10.1 Å². The summed E-state index contributed by atoms with van der Waals surface area (Å²) in [7, 11) is 0. The molecule has 1 aliphatic heterocycles. The lowest BCUT2D eigenvalue weighted by molar-refractivity contribution is -0.384. The molecule has 2 rings (SSSR count). The minimum Gasteiger partial charge on any atom is -0.410 e. The van der Waals surface area contributed by atoms with Crippen molar-refractivity contribution in [3.8, 4) is 5.75 Å². The molecule has 0 aromatic heterocycles. The Balaban J connectivity index is 2.14. The van der Waals surface area contributed by atoms with Gasteiger partial charge in [0.1, 0.15) is 11.4 Å². The Hall–Kier alpha value is -2.35. The first kappa shape index (κ1) is 13.1. The molecule has 1 fully saturated rings. The summed E-state index contributed by atoms with van der Waals surface area (Å²) in [6, 6.07) is 3.93. The molecule has 1 heterocycles. The van der Waals surface area contributed by atoms with Crippen molar-refractivity contribution in [1.82, 2.24) is 0 Å². The van der Waals surface area contributed by atoms with E-state index in [1.54, 1.807) is 0 Å². The molecular weight excluding hydrogens is 254 g/mol. The molecule has 19 heavy (non-hydrogen) atoms. The fourth-order valence-electron chi connectivity index (χ4n) is 1.66. The highest BCUT2D eigenvalue weighted by Crippen LogP contribution is 2.29. The minimum absolute atomic E-state index is 0.0559. The number of hydrogen-bond donors (Lipinski definition) is 2. The molecule has 0 bridgehead atoms. The van der Waals surface area contributed by atoms with Crippen LogP contribution in [0.5, 0.6) is 5.75 Å². The number of nitrogens with zero attached hydrogens (tertiary/aromatic N) is 1. The van der Waals surface area contributed by atoms with Gasteiger partial charge in [-0.3, -0.25) is 10.1 Å².